The molecular formula is C9H14N2O3. The molecule has 0 aliphatic carbocycles. The van der Waals surface area contributed by atoms with Crippen LogP contribution in [0.2, 0.25) is 0 Å². The molecule has 1 N–H and O–H groups in total. The Bertz CT molecular complexity index is 232. The maximum atomic E-state index is 11.5. The highest BCUT2D eigenvalue weighted by molar-refractivity contribution is 5.98. The normalized spacial score (nSPS) is 29.4. The number of imide groups is 1. The van der Waals surface area contributed by atoms with Crippen molar-refractivity contribution in [3.8, 4) is 0 Å². The summed E-state index contributed by atoms with van der Waals surface area (Å²) in [4.78, 5) is 24.3. The van der Waals surface area contributed by atoms with Crippen molar-refractivity contribution in [1.29, 1.82) is 0 Å². The molecule has 0 saturated carbocycles. The summed E-state index contributed by atoms with van der Waals surface area (Å²) in [7, 11) is 0. The topological polar surface area (TPSA) is 58.6 Å². The smallest absolute Gasteiger partial charge is 0.255 e. The van der Waals surface area contributed by atoms with Crippen molar-refractivity contribution in [2.75, 3.05) is 26.3 Å². The molecule has 14 heavy (non-hydrogen) atoms. The number of carbonyl (C=O) groups is 2. The van der Waals surface area contributed by atoms with Crippen molar-refractivity contribution < 1.29 is 14.3 Å². The third-order valence-corrected chi connectivity index (χ3v) is 2.62. The molecule has 1 atom stereocenters. The number of nitrogens with one attached hydrogen (secondary N) is 1. The number of hydrogen-bond donors (Lipinski definition) is 1. The van der Waals surface area contributed by atoms with Gasteiger partial charge in [0.25, 0.3) is 11.8 Å². The molecule has 0 radical (unpaired) electrons. The van der Waals surface area contributed by atoms with Gasteiger partial charge in [-0.05, 0) is 19.4 Å². The largest absolute Gasteiger partial charge is 0.362 e. The molecular weight excluding hydrogens is 184 g/mol. The number of nitrogens with zero attached hydrogens (tertiary/aromatic N) is 1. The monoisotopic (exact) mass is 198 g/mol. The summed E-state index contributed by atoms with van der Waals surface area (Å²) in [5.74, 6) is -0.398. The molecule has 5 heteroatoms. The van der Waals surface area contributed by atoms with Crippen LogP contribution in [0.3, 0.4) is 0 Å². The fourth-order valence-corrected chi connectivity index (χ4v) is 1.96. The number of morpholine rings is 1. The van der Waals surface area contributed by atoms with Gasteiger partial charge in [0.2, 0.25) is 0 Å². The van der Waals surface area contributed by atoms with Crippen LogP contribution in [0.1, 0.15) is 12.8 Å². The van der Waals surface area contributed by atoms with Crippen LogP contribution in [-0.4, -0.2) is 49.1 Å². The number of rotatable bonds is 1. The van der Waals surface area contributed by atoms with Gasteiger partial charge in [-0.1, -0.05) is 0 Å². The van der Waals surface area contributed by atoms with Crippen LogP contribution in [0.15, 0.2) is 0 Å². The van der Waals surface area contributed by atoms with Crippen LogP contribution in [0.5, 0.6) is 0 Å². The molecule has 0 bridgehead atoms. The lowest BCUT2D eigenvalue weighted by Gasteiger charge is -2.35. The van der Waals surface area contributed by atoms with Crippen molar-refractivity contribution in [3.63, 3.8) is 0 Å². The molecule has 0 aromatic rings. The third-order valence-electron chi connectivity index (χ3n) is 2.62. The van der Waals surface area contributed by atoms with Gasteiger partial charge in [0.1, 0.15) is 13.2 Å². The lowest BCUT2D eigenvalue weighted by atomic mass is 10.1. The zero-order valence-corrected chi connectivity index (χ0v) is 7.99. The number of piperidine rings is 1. The minimum atomic E-state index is -0.199. The van der Waals surface area contributed by atoms with E-state index in [0.29, 0.717) is 0 Å². The number of carbonyl (C=O) groups excluding carboxylic acids is 2. The van der Waals surface area contributed by atoms with E-state index in [1.165, 1.54) is 4.90 Å². The molecule has 2 saturated heterocycles. The average molecular weight is 198 g/mol. The summed E-state index contributed by atoms with van der Waals surface area (Å²) in [6, 6.07) is 0.0349. The molecule has 2 aliphatic rings. The quantitative estimate of drug-likeness (QED) is 0.556. The first-order valence-electron chi connectivity index (χ1n) is 4.92. The number of ether oxygens (including phenoxy) is 1. The van der Waals surface area contributed by atoms with E-state index < -0.39 is 0 Å². The molecule has 2 aliphatic heterocycles. The fourth-order valence-electron chi connectivity index (χ4n) is 1.96. The Morgan fingerprint density at radius 1 is 1.29 bits per heavy atom. The zero-order valence-electron chi connectivity index (χ0n) is 7.99. The van der Waals surface area contributed by atoms with E-state index in [-0.39, 0.29) is 31.1 Å². The predicted molar refractivity (Wildman–Crippen MR) is 48.6 cm³/mol. The summed E-state index contributed by atoms with van der Waals surface area (Å²) in [6.07, 6.45) is 1.92. The molecule has 0 aromatic heterocycles. The van der Waals surface area contributed by atoms with Crippen molar-refractivity contribution in [2.24, 2.45) is 0 Å². The first kappa shape index (κ1) is 9.61. The van der Waals surface area contributed by atoms with E-state index in [2.05, 4.69) is 5.32 Å². The van der Waals surface area contributed by atoms with Crippen LogP contribution >= 0.6 is 0 Å². The summed E-state index contributed by atoms with van der Waals surface area (Å²) in [5, 5.41) is 3.19. The molecule has 1 unspecified atom stereocenters. The number of amides is 2. The van der Waals surface area contributed by atoms with Gasteiger partial charge in [0, 0.05) is 6.54 Å². The van der Waals surface area contributed by atoms with Crippen LogP contribution in [0, 0.1) is 0 Å². The molecule has 78 valence electrons. The maximum absolute atomic E-state index is 11.5. The second-order valence-electron chi connectivity index (χ2n) is 3.65. The lowest BCUT2D eigenvalue weighted by Crippen LogP contribution is -2.56. The van der Waals surface area contributed by atoms with E-state index in [1.54, 1.807) is 0 Å². The fraction of sp³-hybridized carbons (Fsp3) is 0.778. The van der Waals surface area contributed by atoms with Gasteiger partial charge in [-0.15, -0.1) is 0 Å². The van der Waals surface area contributed by atoms with E-state index in [0.717, 1.165) is 25.9 Å². The van der Waals surface area contributed by atoms with Gasteiger partial charge in [-0.3, -0.25) is 14.5 Å². The zero-order chi connectivity index (χ0) is 9.97. The second-order valence-corrected chi connectivity index (χ2v) is 3.65. The highest BCUT2D eigenvalue weighted by atomic mass is 16.5. The van der Waals surface area contributed by atoms with Crippen LogP contribution < -0.4 is 5.32 Å². The SMILES string of the molecule is O=C1COCC(=O)N1C1CCCNC1. The molecule has 2 fully saturated rings. The Hall–Kier alpha value is -0.940. The van der Waals surface area contributed by atoms with Crippen LogP contribution in [0.4, 0.5) is 0 Å². The molecule has 2 heterocycles. The van der Waals surface area contributed by atoms with Gasteiger partial charge in [0.15, 0.2) is 0 Å². The van der Waals surface area contributed by atoms with E-state index in [1.807, 2.05) is 0 Å². The van der Waals surface area contributed by atoms with Crippen molar-refractivity contribution in [1.82, 2.24) is 10.2 Å². The molecule has 2 amide bonds. The lowest BCUT2D eigenvalue weighted by molar-refractivity contribution is -0.161. The van der Waals surface area contributed by atoms with Gasteiger partial charge < -0.3 is 10.1 Å². The summed E-state index contributed by atoms with van der Waals surface area (Å²) < 4.78 is 4.85. The highest BCUT2D eigenvalue weighted by Crippen LogP contribution is 2.13. The van der Waals surface area contributed by atoms with Crippen LogP contribution in [0.25, 0.3) is 0 Å². The summed E-state index contributed by atoms with van der Waals surface area (Å²) in [5.41, 5.74) is 0. The van der Waals surface area contributed by atoms with E-state index in [9.17, 15) is 9.59 Å². The van der Waals surface area contributed by atoms with Crippen molar-refractivity contribution in [3.05, 3.63) is 0 Å². The molecule has 0 spiro atoms. The minimum Gasteiger partial charge on any atom is -0.362 e. The first-order chi connectivity index (χ1) is 6.79. The number of hydrogen-bond acceptors (Lipinski definition) is 4. The Kier molecular flexibility index (Phi) is 2.79. The minimum absolute atomic E-state index is 0.0349. The Labute approximate surface area is 82.4 Å². The van der Waals surface area contributed by atoms with Gasteiger partial charge in [-0.25, -0.2) is 0 Å². The molecule has 0 aromatic carbocycles. The maximum Gasteiger partial charge on any atom is 0.255 e. The van der Waals surface area contributed by atoms with Gasteiger partial charge >= 0.3 is 0 Å². The predicted octanol–water partition coefficient (Wildman–Crippen LogP) is -0.876. The summed E-state index contributed by atoms with van der Waals surface area (Å²) in [6.45, 7) is 1.78. The highest BCUT2D eigenvalue weighted by Gasteiger charge is 2.33. The average Bonchev–Trinajstić information content (AvgIpc) is 2.19. The van der Waals surface area contributed by atoms with Crippen molar-refractivity contribution >= 4 is 11.8 Å². The molecule has 5 nitrogen and oxygen atoms in total. The summed E-state index contributed by atoms with van der Waals surface area (Å²) >= 11 is 0. The van der Waals surface area contributed by atoms with E-state index >= 15 is 0 Å². The van der Waals surface area contributed by atoms with Crippen LogP contribution in [-0.2, 0) is 14.3 Å². The Balaban J connectivity index is 2.05. The van der Waals surface area contributed by atoms with Gasteiger partial charge in [-0.2, -0.15) is 0 Å². The molecule has 2 rings (SSSR count). The Morgan fingerprint density at radius 3 is 2.57 bits per heavy atom. The standard InChI is InChI=1S/C9H14N2O3/c12-8-5-14-6-9(13)11(8)7-2-1-3-10-4-7/h7,10H,1-6H2. The van der Waals surface area contributed by atoms with E-state index in [4.69, 9.17) is 4.74 Å². The second kappa shape index (κ2) is 4.06. The Morgan fingerprint density at radius 2 is 2.00 bits per heavy atom. The third kappa shape index (κ3) is 1.78. The van der Waals surface area contributed by atoms with Crippen molar-refractivity contribution in [2.45, 2.75) is 18.9 Å². The van der Waals surface area contributed by atoms with Gasteiger partial charge in [0.05, 0.1) is 6.04 Å². The first-order valence-corrected chi connectivity index (χ1v) is 4.92.